The second kappa shape index (κ2) is 3.69. The fraction of sp³-hybridized carbons (Fsp3) is 0.143. The Morgan fingerprint density at radius 2 is 1.92 bits per heavy atom. The van der Waals surface area contributed by atoms with Crippen molar-refractivity contribution in [3.8, 4) is 0 Å². The zero-order chi connectivity index (χ0) is 10.1. The maximum Gasteiger partial charge on any atom is 0.349 e. The Labute approximate surface area is 80.8 Å². The molecule has 0 heterocycles. The minimum atomic E-state index is -3.62. The normalized spacial score (nSPS) is 14.2. The topological polar surface area (TPSA) is 37.3 Å². The SMILES string of the molecule is O=S(O)c1ccccc1C(F)(F)Cl. The predicted octanol–water partition coefficient (Wildman–Crippen LogP) is 2.56. The Kier molecular flexibility index (Phi) is 3.00. The Hall–Kier alpha value is -0.520. The monoisotopic (exact) mass is 226 g/mol. The lowest BCUT2D eigenvalue weighted by Gasteiger charge is -2.10. The number of halogens is 3. The van der Waals surface area contributed by atoms with Crippen molar-refractivity contribution in [3.63, 3.8) is 0 Å². The summed E-state index contributed by atoms with van der Waals surface area (Å²) in [6, 6.07) is 4.84. The molecular formula is C7H5ClF2O2S. The van der Waals surface area contributed by atoms with Crippen molar-refractivity contribution in [1.29, 1.82) is 0 Å². The molecule has 6 heteroatoms. The highest BCUT2D eigenvalue weighted by Gasteiger charge is 2.31. The van der Waals surface area contributed by atoms with E-state index in [1.165, 1.54) is 12.1 Å². The summed E-state index contributed by atoms with van der Waals surface area (Å²) in [5, 5.41) is -3.62. The second-order valence-corrected chi connectivity index (χ2v) is 3.66. The van der Waals surface area contributed by atoms with Crippen molar-refractivity contribution >= 4 is 22.7 Å². The molecule has 0 amide bonds. The molecule has 0 aliphatic heterocycles. The van der Waals surface area contributed by atoms with Gasteiger partial charge in [0.2, 0.25) is 0 Å². The number of hydrogen-bond acceptors (Lipinski definition) is 1. The van der Waals surface area contributed by atoms with Gasteiger partial charge in [-0.15, -0.1) is 0 Å². The van der Waals surface area contributed by atoms with Crippen molar-refractivity contribution in [2.24, 2.45) is 0 Å². The van der Waals surface area contributed by atoms with Gasteiger partial charge < -0.3 is 4.55 Å². The van der Waals surface area contributed by atoms with E-state index in [4.69, 9.17) is 16.2 Å². The van der Waals surface area contributed by atoms with Gasteiger partial charge >= 0.3 is 5.38 Å². The fourth-order valence-electron chi connectivity index (χ4n) is 0.853. The number of alkyl halides is 3. The third-order valence-electron chi connectivity index (χ3n) is 1.38. The van der Waals surface area contributed by atoms with Crippen LogP contribution < -0.4 is 0 Å². The Bertz CT molecular complexity index is 338. The van der Waals surface area contributed by atoms with Gasteiger partial charge in [-0.25, -0.2) is 4.21 Å². The van der Waals surface area contributed by atoms with E-state index >= 15 is 0 Å². The average Bonchev–Trinajstić information content (AvgIpc) is 2.03. The van der Waals surface area contributed by atoms with Gasteiger partial charge in [-0.2, -0.15) is 8.78 Å². The van der Waals surface area contributed by atoms with Crippen molar-refractivity contribution < 1.29 is 17.5 Å². The van der Waals surface area contributed by atoms with E-state index < -0.39 is 22.0 Å². The van der Waals surface area contributed by atoms with E-state index in [2.05, 4.69) is 0 Å². The first-order valence-electron chi connectivity index (χ1n) is 3.20. The lowest BCUT2D eigenvalue weighted by atomic mass is 10.2. The summed E-state index contributed by atoms with van der Waals surface area (Å²) in [5.74, 6) is 0. The molecule has 1 N–H and O–H groups in total. The molecule has 0 fully saturated rings. The van der Waals surface area contributed by atoms with Gasteiger partial charge in [0.15, 0.2) is 11.1 Å². The van der Waals surface area contributed by atoms with Crippen LogP contribution in [0, 0.1) is 0 Å². The Morgan fingerprint density at radius 1 is 1.38 bits per heavy atom. The summed E-state index contributed by atoms with van der Waals surface area (Å²) < 4.78 is 44.4. The van der Waals surface area contributed by atoms with Gasteiger partial charge in [0.25, 0.3) is 0 Å². The van der Waals surface area contributed by atoms with E-state index in [-0.39, 0.29) is 4.90 Å². The summed E-state index contributed by atoms with van der Waals surface area (Å²) in [6.45, 7) is 0. The van der Waals surface area contributed by atoms with Crippen molar-refractivity contribution in [1.82, 2.24) is 0 Å². The molecule has 0 saturated heterocycles. The van der Waals surface area contributed by atoms with E-state index in [1.807, 2.05) is 0 Å². The van der Waals surface area contributed by atoms with Gasteiger partial charge in [0.05, 0.1) is 10.5 Å². The third kappa shape index (κ3) is 2.46. The Balaban J connectivity index is 3.28. The number of rotatable bonds is 2. The fourth-order valence-corrected chi connectivity index (χ4v) is 1.65. The highest BCUT2D eigenvalue weighted by molar-refractivity contribution is 7.79. The minimum absolute atomic E-state index is 0.373. The van der Waals surface area contributed by atoms with E-state index in [0.29, 0.717) is 0 Å². The average molecular weight is 227 g/mol. The molecule has 0 aromatic heterocycles. The standard InChI is InChI=1S/C7H5ClF2O2S/c8-7(9,10)5-3-1-2-4-6(5)13(11)12/h1-4H,(H,11,12). The van der Waals surface area contributed by atoms with Crippen molar-refractivity contribution in [3.05, 3.63) is 29.8 Å². The molecule has 0 saturated carbocycles. The molecule has 13 heavy (non-hydrogen) atoms. The van der Waals surface area contributed by atoms with Crippen molar-refractivity contribution in [2.75, 3.05) is 0 Å². The third-order valence-corrected chi connectivity index (χ3v) is 2.32. The number of hydrogen-bond donors (Lipinski definition) is 1. The summed E-state index contributed by atoms with van der Waals surface area (Å²) in [7, 11) is 0. The zero-order valence-electron chi connectivity index (χ0n) is 6.21. The highest BCUT2D eigenvalue weighted by Crippen LogP contribution is 2.35. The second-order valence-electron chi connectivity index (χ2n) is 2.24. The molecule has 1 aromatic carbocycles. The van der Waals surface area contributed by atoms with Crippen LogP contribution in [0.25, 0.3) is 0 Å². The zero-order valence-corrected chi connectivity index (χ0v) is 7.78. The molecule has 1 rings (SSSR count). The van der Waals surface area contributed by atoms with Crippen LogP contribution in [0.2, 0.25) is 0 Å². The molecule has 0 aliphatic carbocycles. The molecule has 0 radical (unpaired) electrons. The first-order chi connectivity index (χ1) is 5.93. The quantitative estimate of drug-likeness (QED) is 0.622. The summed E-state index contributed by atoms with van der Waals surface area (Å²) in [6.07, 6.45) is 0. The summed E-state index contributed by atoms with van der Waals surface area (Å²) >= 11 is 2.28. The first kappa shape index (κ1) is 10.6. The molecular weight excluding hydrogens is 222 g/mol. The molecule has 2 nitrogen and oxygen atoms in total. The minimum Gasteiger partial charge on any atom is -0.302 e. The van der Waals surface area contributed by atoms with Crippen LogP contribution in [0.15, 0.2) is 29.2 Å². The molecule has 1 aromatic rings. The van der Waals surface area contributed by atoms with Crippen LogP contribution in [-0.2, 0) is 16.5 Å². The highest BCUT2D eigenvalue weighted by atomic mass is 35.5. The summed E-state index contributed by atoms with van der Waals surface area (Å²) in [4.78, 5) is -0.373. The molecule has 0 bridgehead atoms. The smallest absolute Gasteiger partial charge is 0.302 e. The van der Waals surface area contributed by atoms with Crippen LogP contribution in [0.4, 0.5) is 8.78 Å². The van der Waals surface area contributed by atoms with E-state index in [1.54, 1.807) is 0 Å². The number of benzene rings is 1. The molecule has 1 atom stereocenters. The van der Waals surface area contributed by atoms with Crippen LogP contribution in [0.5, 0.6) is 0 Å². The van der Waals surface area contributed by atoms with Crippen LogP contribution in [-0.4, -0.2) is 8.76 Å². The van der Waals surface area contributed by atoms with Gasteiger partial charge in [-0.05, 0) is 17.7 Å². The molecule has 0 aliphatic rings. The maximum absolute atomic E-state index is 12.6. The maximum atomic E-state index is 12.6. The molecule has 0 spiro atoms. The molecule has 72 valence electrons. The van der Waals surface area contributed by atoms with E-state index in [0.717, 1.165) is 12.1 Å². The Morgan fingerprint density at radius 3 is 2.31 bits per heavy atom. The van der Waals surface area contributed by atoms with Crippen molar-refractivity contribution in [2.45, 2.75) is 10.3 Å². The lowest BCUT2D eigenvalue weighted by molar-refractivity contribution is 0.0917. The van der Waals surface area contributed by atoms with Gasteiger partial charge in [0.1, 0.15) is 0 Å². The van der Waals surface area contributed by atoms with Gasteiger partial charge in [-0.1, -0.05) is 18.2 Å². The van der Waals surface area contributed by atoms with Gasteiger partial charge in [-0.3, -0.25) is 0 Å². The van der Waals surface area contributed by atoms with Crippen LogP contribution >= 0.6 is 11.6 Å². The van der Waals surface area contributed by atoms with Crippen LogP contribution in [0.1, 0.15) is 5.56 Å². The predicted molar refractivity (Wildman–Crippen MR) is 45.2 cm³/mol. The summed E-state index contributed by atoms with van der Waals surface area (Å²) in [5.41, 5.74) is -0.641. The van der Waals surface area contributed by atoms with Gasteiger partial charge in [0, 0.05) is 0 Å². The molecule has 1 unspecified atom stereocenters. The first-order valence-corrected chi connectivity index (χ1v) is 4.68. The van der Waals surface area contributed by atoms with E-state index in [9.17, 15) is 13.0 Å². The lowest BCUT2D eigenvalue weighted by Crippen LogP contribution is -2.08. The van der Waals surface area contributed by atoms with Crippen LogP contribution in [0.3, 0.4) is 0 Å². The largest absolute Gasteiger partial charge is 0.349 e.